The minimum Gasteiger partial charge on any atom is -0.490 e. The average molecular weight is 448 g/mol. The number of aromatic amines is 1. The molecule has 0 atom stereocenters. The molecule has 0 spiro atoms. The van der Waals surface area contributed by atoms with Gasteiger partial charge in [0.05, 0.1) is 13.2 Å². The maximum absolute atomic E-state index is 6.03. The summed E-state index contributed by atoms with van der Waals surface area (Å²) >= 11 is 5.39. The molecule has 0 saturated heterocycles. The predicted octanol–water partition coefficient (Wildman–Crippen LogP) is 5.03. The van der Waals surface area contributed by atoms with E-state index in [4.69, 9.17) is 21.7 Å². The number of hydrogen-bond donors (Lipinski definition) is 2. The molecule has 2 heterocycles. The molecule has 0 unspecified atom stereocenters. The van der Waals surface area contributed by atoms with Gasteiger partial charge in [-0.05, 0) is 61.5 Å². The third kappa shape index (κ3) is 5.15. The fourth-order valence-electron chi connectivity index (χ4n) is 3.20. The van der Waals surface area contributed by atoms with Gasteiger partial charge in [-0.15, -0.1) is 0 Å². The smallest absolute Gasteiger partial charge is 0.214 e. The first-order valence-corrected chi connectivity index (χ1v) is 10.8. The molecule has 0 radical (unpaired) electrons. The standard InChI is InChI=1S/C24H25N5O2S/c1-3-30-22-14-19(8-9-21(22)31-16-18-6-4-17(2)5-7-18)15-26-29-23(27-28-24(29)32)20-10-12-25-13-11-20/h4-14,26H,3,15-16H2,1-2H3,(H,28,32). The Morgan fingerprint density at radius 2 is 1.72 bits per heavy atom. The SMILES string of the molecule is CCOc1cc(CNn2c(-c3ccncc3)n[nH]c2=S)ccc1OCc1ccc(C)cc1. The number of pyridine rings is 1. The molecule has 4 rings (SSSR count). The molecular weight excluding hydrogens is 422 g/mol. The lowest BCUT2D eigenvalue weighted by Crippen LogP contribution is -2.16. The van der Waals surface area contributed by atoms with E-state index in [0.29, 0.717) is 41.9 Å². The number of aromatic nitrogens is 4. The van der Waals surface area contributed by atoms with Crippen molar-refractivity contribution in [1.82, 2.24) is 19.9 Å². The van der Waals surface area contributed by atoms with E-state index < -0.39 is 0 Å². The van der Waals surface area contributed by atoms with E-state index in [9.17, 15) is 0 Å². The van der Waals surface area contributed by atoms with Gasteiger partial charge in [0.15, 0.2) is 17.3 Å². The van der Waals surface area contributed by atoms with Gasteiger partial charge in [-0.3, -0.25) is 4.98 Å². The molecule has 0 amide bonds. The summed E-state index contributed by atoms with van der Waals surface area (Å²) in [6.07, 6.45) is 3.45. The van der Waals surface area contributed by atoms with Crippen molar-refractivity contribution in [1.29, 1.82) is 0 Å². The summed E-state index contributed by atoms with van der Waals surface area (Å²) in [4.78, 5) is 4.06. The first-order valence-electron chi connectivity index (χ1n) is 10.4. The minimum absolute atomic E-state index is 0.484. The topological polar surface area (TPSA) is 77.0 Å². The number of H-pyrrole nitrogens is 1. The van der Waals surface area contributed by atoms with Crippen molar-refractivity contribution in [2.45, 2.75) is 27.0 Å². The van der Waals surface area contributed by atoms with Crippen LogP contribution in [0.3, 0.4) is 0 Å². The summed E-state index contributed by atoms with van der Waals surface area (Å²) in [6, 6.07) is 18.0. The molecule has 164 valence electrons. The molecule has 7 nitrogen and oxygen atoms in total. The van der Waals surface area contributed by atoms with E-state index in [2.05, 4.69) is 51.8 Å². The number of benzene rings is 2. The van der Waals surface area contributed by atoms with Crippen LogP contribution in [0.2, 0.25) is 0 Å². The number of ether oxygens (including phenoxy) is 2. The summed E-state index contributed by atoms with van der Waals surface area (Å²) in [5, 5.41) is 7.17. The third-order valence-electron chi connectivity index (χ3n) is 4.88. The molecule has 2 aromatic carbocycles. The average Bonchev–Trinajstić information content (AvgIpc) is 3.19. The monoisotopic (exact) mass is 447 g/mol. The van der Waals surface area contributed by atoms with Crippen molar-refractivity contribution < 1.29 is 9.47 Å². The Bertz CT molecular complexity index is 1220. The second-order valence-corrected chi connectivity index (χ2v) is 7.63. The van der Waals surface area contributed by atoms with E-state index in [1.165, 1.54) is 5.56 Å². The Morgan fingerprint density at radius 1 is 0.969 bits per heavy atom. The van der Waals surface area contributed by atoms with Crippen molar-refractivity contribution in [2.75, 3.05) is 12.0 Å². The second kappa shape index (κ2) is 10.1. The van der Waals surface area contributed by atoms with E-state index in [1.807, 2.05) is 37.3 Å². The molecule has 2 N–H and O–H groups in total. The van der Waals surface area contributed by atoms with Gasteiger partial charge in [0, 0.05) is 18.0 Å². The number of aryl methyl sites for hydroxylation is 1. The van der Waals surface area contributed by atoms with Crippen LogP contribution in [0.15, 0.2) is 67.0 Å². The first-order chi connectivity index (χ1) is 15.6. The molecule has 0 fully saturated rings. The predicted molar refractivity (Wildman–Crippen MR) is 127 cm³/mol. The van der Waals surface area contributed by atoms with Crippen LogP contribution < -0.4 is 14.9 Å². The van der Waals surface area contributed by atoms with Crippen molar-refractivity contribution in [3.63, 3.8) is 0 Å². The molecule has 32 heavy (non-hydrogen) atoms. The molecule has 0 bridgehead atoms. The molecule has 8 heteroatoms. The maximum atomic E-state index is 6.03. The van der Waals surface area contributed by atoms with Crippen LogP contribution >= 0.6 is 12.2 Å². The van der Waals surface area contributed by atoms with Crippen LogP contribution in [0.5, 0.6) is 11.5 Å². The van der Waals surface area contributed by atoms with Gasteiger partial charge in [-0.25, -0.2) is 9.77 Å². The number of nitrogens with one attached hydrogen (secondary N) is 2. The normalized spacial score (nSPS) is 10.7. The van der Waals surface area contributed by atoms with Gasteiger partial charge in [0.25, 0.3) is 0 Å². The molecule has 2 aromatic heterocycles. The Balaban J connectivity index is 1.48. The van der Waals surface area contributed by atoms with Crippen LogP contribution in [0.25, 0.3) is 11.4 Å². The third-order valence-corrected chi connectivity index (χ3v) is 5.15. The molecule has 4 aromatic rings. The maximum Gasteiger partial charge on any atom is 0.214 e. The van der Waals surface area contributed by atoms with Gasteiger partial charge >= 0.3 is 0 Å². The summed E-state index contributed by atoms with van der Waals surface area (Å²) in [7, 11) is 0. The Labute approximate surface area is 192 Å². The summed E-state index contributed by atoms with van der Waals surface area (Å²) in [6.45, 7) is 5.60. The second-order valence-electron chi connectivity index (χ2n) is 7.25. The molecular formula is C24H25N5O2S. The minimum atomic E-state index is 0.484. The van der Waals surface area contributed by atoms with Crippen molar-refractivity contribution in [2.24, 2.45) is 0 Å². The fourth-order valence-corrected chi connectivity index (χ4v) is 3.40. The van der Waals surface area contributed by atoms with Gasteiger partial charge in [0.2, 0.25) is 4.77 Å². The molecule has 0 aliphatic rings. The van der Waals surface area contributed by atoms with Crippen LogP contribution in [0, 0.1) is 11.7 Å². The highest BCUT2D eigenvalue weighted by Crippen LogP contribution is 2.29. The zero-order valence-corrected chi connectivity index (χ0v) is 18.9. The molecule has 0 saturated carbocycles. The Kier molecular flexibility index (Phi) is 6.81. The largest absolute Gasteiger partial charge is 0.490 e. The van der Waals surface area contributed by atoms with E-state index in [1.54, 1.807) is 17.1 Å². The van der Waals surface area contributed by atoms with Crippen LogP contribution in [-0.4, -0.2) is 26.5 Å². The van der Waals surface area contributed by atoms with E-state index in [-0.39, 0.29) is 0 Å². The molecule has 0 aliphatic carbocycles. The van der Waals surface area contributed by atoms with Crippen LogP contribution in [0.1, 0.15) is 23.6 Å². The van der Waals surface area contributed by atoms with Gasteiger partial charge in [0.1, 0.15) is 6.61 Å². The van der Waals surface area contributed by atoms with E-state index >= 15 is 0 Å². The lowest BCUT2D eigenvalue weighted by Gasteiger charge is -2.15. The van der Waals surface area contributed by atoms with Crippen molar-refractivity contribution in [3.8, 4) is 22.9 Å². The Hall–Kier alpha value is -3.65. The summed E-state index contributed by atoms with van der Waals surface area (Å²) < 4.78 is 14.1. The quantitative estimate of drug-likeness (QED) is 0.350. The van der Waals surface area contributed by atoms with Crippen molar-refractivity contribution in [3.05, 3.63) is 88.5 Å². The summed E-state index contributed by atoms with van der Waals surface area (Å²) in [5.41, 5.74) is 7.61. The zero-order chi connectivity index (χ0) is 22.3. The van der Waals surface area contributed by atoms with Gasteiger partial charge in [-0.2, -0.15) is 5.10 Å². The number of nitrogens with zero attached hydrogens (tertiary/aromatic N) is 3. The highest BCUT2D eigenvalue weighted by atomic mass is 32.1. The lowest BCUT2D eigenvalue weighted by molar-refractivity contribution is 0.269. The van der Waals surface area contributed by atoms with Crippen molar-refractivity contribution >= 4 is 12.2 Å². The van der Waals surface area contributed by atoms with Crippen LogP contribution in [-0.2, 0) is 13.2 Å². The lowest BCUT2D eigenvalue weighted by atomic mass is 10.1. The van der Waals surface area contributed by atoms with Gasteiger partial charge < -0.3 is 14.9 Å². The number of hydrogen-bond acceptors (Lipinski definition) is 6. The zero-order valence-electron chi connectivity index (χ0n) is 18.0. The Morgan fingerprint density at radius 3 is 2.47 bits per heavy atom. The van der Waals surface area contributed by atoms with Crippen LogP contribution in [0.4, 0.5) is 0 Å². The fraction of sp³-hybridized carbons (Fsp3) is 0.208. The first kappa shape index (κ1) is 21.6. The highest BCUT2D eigenvalue weighted by Gasteiger charge is 2.11. The van der Waals surface area contributed by atoms with E-state index in [0.717, 1.165) is 16.7 Å². The highest BCUT2D eigenvalue weighted by molar-refractivity contribution is 7.71. The van der Waals surface area contributed by atoms with Gasteiger partial charge in [-0.1, -0.05) is 35.9 Å². The number of rotatable bonds is 9. The molecule has 0 aliphatic heterocycles. The summed E-state index contributed by atoms with van der Waals surface area (Å²) in [5.74, 6) is 2.12.